The maximum absolute atomic E-state index is 12.9. The molecule has 2 aliphatic rings. The van der Waals surface area contributed by atoms with Crippen molar-refractivity contribution in [3.05, 3.63) is 29.8 Å². The van der Waals surface area contributed by atoms with Gasteiger partial charge in [-0.25, -0.2) is 4.79 Å². The van der Waals surface area contributed by atoms with Gasteiger partial charge in [0.1, 0.15) is 0 Å². The molecule has 0 aromatic heterocycles. The highest BCUT2D eigenvalue weighted by atomic mass is 127. The van der Waals surface area contributed by atoms with Crippen LogP contribution in [0.1, 0.15) is 5.56 Å². The third kappa shape index (κ3) is 5.67. The summed E-state index contributed by atoms with van der Waals surface area (Å²) in [6, 6.07) is 4.93. The van der Waals surface area contributed by atoms with E-state index in [1.165, 1.54) is 12.1 Å². The van der Waals surface area contributed by atoms with Crippen molar-refractivity contribution in [2.24, 2.45) is 4.99 Å². The summed E-state index contributed by atoms with van der Waals surface area (Å²) in [5.41, 5.74) is -0.114. The Morgan fingerprint density at radius 2 is 1.90 bits per heavy atom. The number of carbonyl (C=O) groups excluding carboxylic acids is 2. The van der Waals surface area contributed by atoms with E-state index in [9.17, 15) is 22.8 Å². The molecule has 2 heterocycles. The quantitative estimate of drug-likeness (QED) is 0.263. The van der Waals surface area contributed by atoms with E-state index in [1.54, 1.807) is 13.1 Å². The minimum atomic E-state index is -4.36. The second-order valence-electron chi connectivity index (χ2n) is 6.70. The van der Waals surface area contributed by atoms with Gasteiger partial charge in [-0.2, -0.15) is 13.2 Å². The first-order valence-electron chi connectivity index (χ1n) is 9.25. The molecule has 0 saturated carbocycles. The Labute approximate surface area is 189 Å². The van der Waals surface area contributed by atoms with E-state index in [4.69, 9.17) is 0 Å². The number of amides is 3. The van der Waals surface area contributed by atoms with Crippen molar-refractivity contribution in [1.29, 1.82) is 0 Å². The molecule has 2 fully saturated rings. The number of hydrogen-bond acceptors (Lipinski definition) is 4. The molecule has 166 valence electrons. The van der Waals surface area contributed by atoms with Gasteiger partial charge in [0.2, 0.25) is 5.91 Å². The van der Waals surface area contributed by atoms with Gasteiger partial charge in [0.25, 0.3) is 0 Å². The van der Waals surface area contributed by atoms with Gasteiger partial charge >= 0.3 is 12.2 Å². The van der Waals surface area contributed by atoms with E-state index in [0.717, 1.165) is 11.0 Å². The highest BCUT2D eigenvalue weighted by Crippen LogP contribution is 2.31. The summed E-state index contributed by atoms with van der Waals surface area (Å²) < 4.78 is 38.8. The summed E-state index contributed by atoms with van der Waals surface area (Å²) >= 11 is 0. The first kappa shape index (κ1) is 24.0. The van der Waals surface area contributed by atoms with Crippen LogP contribution in [0.5, 0.6) is 0 Å². The number of carbonyl (C=O) groups is 2. The Hall–Kier alpha value is -2.25. The molecule has 2 saturated heterocycles. The number of piperazine rings is 1. The topological polar surface area (TPSA) is 80.3 Å². The lowest BCUT2D eigenvalue weighted by Crippen LogP contribution is -2.53. The fraction of sp³-hybridized carbons (Fsp3) is 0.500. The maximum Gasteiger partial charge on any atom is 0.416 e. The molecule has 2 aliphatic heterocycles. The molecule has 8 nitrogen and oxygen atoms in total. The normalized spacial score (nSPS) is 17.7. The average Bonchev–Trinajstić information content (AvgIpc) is 3.03. The summed E-state index contributed by atoms with van der Waals surface area (Å²) in [6.07, 6.45) is -4.36. The van der Waals surface area contributed by atoms with Crippen LogP contribution in [0.15, 0.2) is 29.3 Å². The van der Waals surface area contributed by atoms with Gasteiger partial charge in [-0.15, -0.1) is 24.0 Å². The van der Waals surface area contributed by atoms with Crippen LogP contribution in [0.2, 0.25) is 0 Å². The first-order valence-corrected chi connectivity index (χ1v) is 9.25. The van der Waals surface area contributed by atoms with Crippen LogP contribution in [0, 0.1) is 0 Å². The Balaban J connectivity index is 0.00000320. The number of anilines is 1. The maximum atomic E-state index is 12.9. The van der Waals surface area contributed by atoms with Gasteiger partial charge in [0.15, 0.2) is 5.96 Å². The molecule has 1 aromatic rings. The number of halogens is 4. The fourth-order valence-electron chi connectivity index (χ4n) is 3.35. The zero-order valence-electron chi connectivity index (χ0n) is 16.4. The predicted octanol–water partition coefficient (Wildman–Crippen LogP) is 1.57. The monoisotopic (exact) mass is 540 g/mol. The van der Waals surface area contributed by atoms with Crippen LogP contribution in [0.25, 0.3) is 0 Å². The number of rotatable bonds is 4. The van der Waals surface area contributed by atoms with Gasteiger partial charge < -0.3 is 20.4 Å². The van der Waals surface area contributed by atoms with E-state index in [0.29, 0.717) is 44.4 Å². The zero-order chi connectivity index (χ0) is 21.0. The van der Waals surface area contributed by atoms with Gasteiger partial charge in [-0.05, 0) is 18.2 Å². The minimum absolute atomic E-state index is 0. The molecule has 0 atom stereocenters. The third-order valence-corrected chi connectivity index (χ3v) is 4.89. The zero-order valence-corrected chi connectivity index (χ0v) is 18.7. The molecule has 0 radical (unpaired) electrons. The molecule has 0 aliphatic carbocycles. The number of imide groups is 1. The molecule has 30 heavy (non-hydrogen) atoms. The number of aliphatic imine (C=N–C) groups is 1. The van der Waals surface area contributed by atoms with Crippen molar-refractivity contribution >= 4 is 47.6 Å². The van der Waals surface area contributed by atoms with Crippen molar-refractivity contribution in [1.82, 2.24) is 20.4 Å². The summed E-state index contributed by atoms with van der Waals surface area (Å²) in [5, 5.41) is 5.59. The largest absolute Gasteiger partial charge is 0.416 e. The van der Waals surface area contributed by atoms with Crippen LogP contribution < -0.4 is 15.5 Å². The van der Waals surface area contributed by atoms with Gasteiger partial charge in [0, 0.05) is 52.0 Å². The number of nitrogens with one attached hydrogen (secondary N) is 2. The smallest absolute Gasteiger partial charge is 0.368 e. The second-order valence-corrected chi connectivity index (χ2v) is 6.70. The molecule has 12 heteroatoms. The lowest BCUT2D eigenvalue weighted by molar-refractivity contribution is -0.137. The molecule has 3 rings (SSSR count). The molecule has 0 bridgehead atoms. The number of hydrogen-bond donors (Lipinski definition) is 2. The fourth-order valence-corrected chi connectivity index (χ4v) is 3.35. The average molecular weight is 540 g/mol. The summed E-state index contributed by atoms with van der Waals surface area (Å²) in [4.78, 5) is 32.4. The summed E-state index contributed by atoms with van der Waals surface area (Å²) in [6.45, 7) is 2.88. The predicted molar refractivity (Wildman–Crippen MR) is 117 cm³/mol. The molecule has 0 unspecified atom stereocenters. The van der Waals surface area contributed by atoms with Gasteiger partial charge in [0.05, 0.1) is 12.1 Å². The molecular weight excluding hydrogens is 516 g/mol. The molecule has 0 spiro atoms. The van der Waals surface area contributed by atoms with Crippen LogP contribution in [0.4, 0.5) is 23.7 Å². The Morgan fingerprint density at radius 3 is 2.47 bits per heavy atom. The van der Waals surface area contributed by atoms with Crippen molar-refractivity contribution in [3.63, 3.8) is 0 Å². The highest BCUT2D eigenvalue weighted by Gasteiger charge is 2.31. The van der Waals surface area contributed by atoms with E-state index < -0.39 is 17.8 Å². The van der Waals surface area contributed by atoms with Crippen LogP contribution in [-0.4, -0.2) is 80.6 Å². The van der Waals surface area contributed by atoms with Crippen LogP contribution in [0.3, 0.4) is 0 Å². The number of alkyl halides is 3. The molecule has 1 aromatic carbocycles. The van der Waals surface area contributed by atoms with E-state index in [2.05, 4.69) is 15.6 Å². The lowest BCUT2D eigenvalue weighted by atomic mass is 10.1. The van der Waals surface area contributed by atoms with E-state index in [1.807, 2.05) is 9.80 Å². The Kier molecular flexibility index (Phi) is 8.15. The molecular formula is C18H24F3IN6O2. The number of benzene rings is 1. The van der Waals surface area contributed by atoms with E-state index in [-0.39, 0.29) is 43.0 Å². The molecule has 3 amide bonds. The standard InChI is InChI=1S/C18H23F3N6O2.HI/c1-22-16(23-5-6-27-15(28)12-24-17(27)29)26-9-7-25(8-10-26)14-4-2-3-13(11-14)18(19,20)21;/h2-4,11H,5-10,12H2,1H3,(H,22,23)(H,24,29);1H. The summed E-state index contributed by atoms with van der Waals surface area (Å²) in [5.74, 6) is 0.363. The lowest BCUT2D eigenvalue weighted by Gasteiger charge is -2.38. The van der Waals surface area contributed by atoms with Gasteiger partial charge in [-0.1, -0.05) is 6.07 Å². The first-order chi connectivity index (χ1) is 13.8. The third-order valence-electron chi connectivity index (χ3n) is 4.89. The van der Waals surface area contributed by atoms with E-state index >= 15 is 0 Å². The molecule has 2 N–H and O–H groups in total. The van der Waals surface area contributed by atoms with Crippen molar-refractivity contribution in [3.8, 4) is 0 Å². The Morgan fingerprint density at radius 1 is 1.20 bits per heavy atom. The number of nitrogens with zero attached hydrogens (tertiary/aromatic N) is 4. The number of urea groups is 1. The number of guanidine groups is 1. The highest BCUT2D eigenvalue weighted by molar-refractivity contribution is 14.0. The van der Waals surface area contributed by atoms with Crippen molar-refractivity contribution < 1.29 is 22.8 Å². The van der Waals surface area contributed by atoms with Crippen molar-refractivity contribution in [2.75, 3.05) is 57.8 Å². The minimum Gasteiger partial charge on any atom is -0.368 e. The second kappa shape index (κ2) is 10.2. The Bertz CT molecular complexity index is 780. The summed E-state index contributed by atoms with van der Waals surface area (Å²) in [7, 11) is 1.63. The van der Waals surface area contributed by atoms with Crippen LogP contribution in [-0.2, 0) is 11.0 Å². The van der Waals surface area contributed by atoms with Crippen LogP contribution >= 0.6 is 24.0 Å². The van der Waals surface area contributed by atoms with Crippen molar-refractivity contribution in [2.45, 2.75) is 6.18 Å². The van der Waals surface area contributed by atoms with Gasteiger partial charge in [-0.3, -0.25) is 14.7 Å². The SMILES string of the molecule is CN=C(NCCN1C(=O)CNC1=O)N1CCN(c2cccc(C(F)(F)F)c2)CC1.I.